The number of nitrogen functional groups attached to an aromatic ring is 1. The maximum Gasteiger partial charge on any atom is 0.238 e. The number of carbonyl (C=O) groups is 1. The molecule has 0 bridgehead atoms. The summed E-state index contributed by atoms with van der Waals surface area (Å²) in [6.07, 6.45) is 1.74. The topological polar surface area (TPSA) is 99.0 Å². The van der Waals surface area contributed by atoms with Crippen LogP contribution in [0.4, 0.5) is 5.82 Å². The number of aromatic nitrogens is 3. The lowest BCUT2D eigenvalue weighted by atomic mass is 10.2. The van der Waals surface area contributed by atoms with Crippen LogP contribution in [-0.4, -0.2) is 26.0 Å². The Kier molecular flexibility index (Phi) is 4.57. The number of rotatable bonds is 5. The monoisotopic (exact) mass is 343 g/mol. The van der Waals surface area contributed by atoms with Crippen LogP contribution < -0.4 is 11.2 Å². The summed E-state index contributed by atoms with van der Waals surface area (Å²) in [5, 5.41) is 6.61. The van der Waals surface area contributed by atoms with Gasteiger partial charge in [0.2, 0.25) is 5.91 Å². The zero-order valence-electron chi connectivity index (χ0n) is 13.3. The summed E-state index contributed by atoms with van der Waals surface area (Å²) >= 11 is 1.28. The van der Waals surface area contributed by atoms with Crippen molar-refractivity contribution in [3.63, 3.8) is 0 Å². The van der Waals surface area contributed by atoms with Crippen LogP contribution in [0.25, 0.3) is 11.3 Å². The number of thioether (sulfide) groups is 1. The first kappa shape index (κ1) is 16.1. The van der Waals surface area contributed by atoms with Gasteiger partial charge in [0.1, 0.15) is 5.76 Å². The summed E-state index contributed by atoms with van der Waals surface area (Å²) in [6, 6.07) is 11.4. The van der Waals surface area contributed by atoms with Crippen molar-refractivity contribution in [2.45, 2.75) is 24.3 Å². The van der Waals surface area contributed by atoms with Gasteiger partial charge in [-0.2, -0.15) is 0 Å². The number of hydrogen-bond acceptors (Lipinski definition) is 6. The van der Waals surface area contributed by atoms with E-state index in [4.69, 9.17) is 10.4 Å². The van der Waals surface area contributed by atoms with Crippen LogP contribution >= 0.6 is 11.8 Å². The Hall–Kier alpha value is -2.74. The van der Waals surface area contributed by atoms with Gasteiger partial charge in [-0.15, -0.1) is 0 Å². The fourth-order valence-corrected chi connectivity index (χ4v) is 2.88. The molecule has 2 heterocycles. The molecular weight excluding hydrogens is 326 g/mol. The SMILES string of the molecule is Cc1cc(NC(=O)C(C)Sc2nc(-c3ccccc3)cn2N)no1. The van der Waals surface area contributed by atoms with Gasteiger partial charge >= 0.3 is 0 Å². The van der Waals surface area contributed by atoms with Crippen LogP contribution in [0.5, 0.6) is 0 Å². The highest BCUT2D eigenvalue weighted by atomic mass is 32.2. The van der Waals surface area contributed by atoms with Crippen molar-refractivity contribution in [2.75, 3.05) is 11.2 Å². The van der Waals surface area contributed by atoms with Crippen molar-refractivity contribution < 1.29 is 9.32 Å². The molecule has 0 aliphatic carbocycles. The highest BCUT2D eigenvalue weighted by molar-refractivity contribution is 8.00. The van der Waals surface area contributed by atoms with E-state index in [1.807, 2.05) is 30.3 Å². The zero-order chi connectivity index (χ0) is 17.1. The average molecular weight is 343 g/mol. The Labute approximate surface area is 143 Å². The minimum atomic E-state index is -0.393. The Morgan fingerprint density at radius 3 is 2.79 bits per heavy atom. The summed E-state index contributed by atoms with van der Waals surface area (Å²) < 4.78 is 6.35. The lowest BCUT2D eigenvalue weighted by Gasteiger charge is -2.09. The van der Waals surface area contributed by atoms with Crippen molar-refractivity contribution in [3.8, 4) is 11.3 Å². The van der Waals surface area contributed by atoms with Crippen molar-refractivity contribution in [1.29, 1.82) is 0 Å². The number of aryl methyl sites for hydroxylation is 1. The molecule has 0 aliphatic rings. The van der Waals surface area contributed by atoms with E-state index in [2.05, 4.69) is 15.5 Å². The molecule has 3 N–H and O–H groups in total. The van der Waals surface area contributed by atoms with E-state index in [1.54, 1.807) is 26.1 Å². The second-order valence-corrected chi connectivity index (χ2v) is 6.56. The third-order valence-corrected chi connectivity index (χ3v) is 4.38. The number of imidazole rings is 1. The average Bonchev–Trinajstić information content (AvgIpc) is 3.14. The van der Waals surface area contributed by atoms with Gasteiger partial charge in [-0.3, -0.25) is 4.79 Å². The van der Waals surface area contributed by atoms with Gasteiger partial charge in [0.25, 0.3) is 0 Å². The summed E-state index contributed by atoms with van der Waals surface area (Å²) in [4.78, 5) is 16.7. The number of carbonyl (C=O) groups excluding carboxylic acids is 1. The predicted molar refractivity (Wildman–Crippen MR) is 93.0 cm³/mol. The fourth-order valence-electron chi connectivity index (χ4n) is 2.08. The van der Waals surface area contributed by atoms with Crippen molar-refractivity contribution >= 4 is 23.5 Å². The molecule has 2 aromatic heterocycles. The van der Waals surface area contributed by atoms with E-state index >= 15 is 0 Å². The Bertz CT molecular complexity index is 843. The number of benzene rings is 1. The van der Waals surface area contributed by atoms with Crippen LogP contribution in [0, 0.1) is 6.92 Å². The molecular formula is C16H17N5O2S. The van der Waals surface area contributed by atoms with E-state index < -0.39 is 5.25 Å². The number of anilines is 1. The summed E-state index contributed by atoms with van der Waals surface area (Å²) in [5.74, 6) is 6.79. The molecule has 124 valence electrons. The highest BCUT2D eigenvalue weighted by Crippen LogP contribution is 2.26. The highest BCUT2D eigenvalue weighted by Gasteiger charge is 2.19. The largest absolute Gasteiger partial charge is 0.360 e. The maximum absolute atomic E-state index is 12.2. The van der Waals surface area contributed by atoms with E-state index in [9.17, 15) is 4.79 Å². The first-order valence-corrected chi connectivity index (χ1v) is 8.21. The normalized spacial score (nSPS) is 12.1. The van der Waals surface area contributed by atoms with Gasteiger partial charge in [-0.25, -0.2) is 9.66 Å². The molecule has 0 aliphatic heterocycles. The molecule has 3 rings (SSSR count). The van der Waals surface area contributed by atoms with E-state index in [0.29, 0.717) is 16.7 Å². The van der Waals surface area contributed by atoms with Gasteiger partial charge in [-0.05, 0) is 13.8 Å². The second kappa shape index (κ2) is 6.79. The zero-order valence-corrected chi connectivity index (χ0v) is 14.1. The van der Waals surface area contributed by atoms with Crippen LogP contribution in [0.3, 0.4) is 0 Å². The second-order valence-electron chi connectivity index (χ2n) is 5.25. The van der Waals surface area contributed by atoms with E-state index in [-0.39, 0.29) is 5.91 Å². The van der Waals surface area contributed by atoms with Gasteiger partial charge in [0, 0.05) is 11.6 Å². The van der Waals surface area contributed by atoms with Gasteiger partial charge in [-0.1, -0.05) is 47.3 Å². The first-order valence-electron chi connectivity index (χ1n) is 7.33. The Morgan fingerprint density at radius 2 is 2.12 bits per heavy atom. The number of nitrogens with one attached hydrogen (secondary N) is 1. The third-order valence-electron chi connectivity index (χ3n) is 3.30. The van der Waals surface area contributed by atoms with E-state index in [1.165, 1.54) is 16.4 Å². The standard InChI is InChI=1S/C16H17N5O2S/c1-10-8-14(20-23-10)19-15(22)11(2)24-16-18-13(9-21(16)17)12-6-4-3-5-7-12/h3-9,11H,17H2,1-2H3,(H,19,20,22). The molecule has 1 aromatic carbocycles. The molecule has 3 aromatic rings. The van der Waals surface area contributed by atoms with Crippen molar-refractivity contribution in [3.05, 3.63) is 48.4 Å². The molecule has 1 atom stereocenters. The van der Waals surface area contributed by atoms with Gasteiger partial charge in [0.15, 0.2) is 11.0 Å². The number of nitrogens with two attached hydrogens (primary N) is 1. The number of hydrogen-bond donors (Lipinski definition) is 2. The quantitative estimate of drug-likeness (QED) is 0.546. The van der Waals surface area contributed by atoms with Gasteiger partial charge in [0.05, 0.1) is 17.1 Å². The Balaban J connectivity index is 1.69. The molecule has 0 fully saturated rings. The number of nitrogens with zero attached hydrogens (tertiary/aromatic N) is 3. The summed E-state index contributed by atoms with van der Waals surface area (Å²) in [7, 11) is 0. The summed E-state index contributed by atoms with van der Waals surface area (Å²) in [6.45, 7) is 3.54. The molecule has 1 amide bonds. The van der Waals surface area contributed by atoms with Crippen LogP contribution in [0.2, 0.25) is 0 Å². The van der Waals surface area contributed by atoms with E-state index in [0.717, 1.165) is 11.3 Å². The Morgan fingerprint density at radius 1 is 1.38 bits per heavy atom. The predicted octanol–water partition coefficient (Wildman–Crippen LogP) is 2.68. The minimum Gasteiger partial charge on any atom is -0.360 e. The van der Waals surface area contributed by atoms with Crippen molar-refractivity contribution in [1.82, 2.24) is 14.8 Å². The molecule has 0 radical (unpaired) electrons. The van der Waals surface area contributed by atoms with Crippen LogP contribution in [0.15, 0.2) is 52.3 Å². The van der Waals surface area contributed by atoms with Gasteiger partial charge < -0.3 is 15.7 Å². The third kappa shape index (κ3) is 3.60. The molecule has 7 nitrogen and oxygen atoms in total. The molecule has 0 saturated carbocycles. The minimum absolute atomic E-state index is 0.197. The smallest absolute Gasteiger partial charge is 0.238 e. The number of amides is 1. The fraction of sp³-hybridized carbons (Fsp3) is 0.188. The van der Waals surface area contributed by atoms with Crippen LogP contribution in [0.1, 0.15) is 12.7 Å². The van der Waals surface area contributed by atoms with Crippen molar-refractivity contribution in [2.24, 2.45) is 0 Å². The lowest BCUT2D eigenvalue weighted by Crippen LogP contribution is -2.23. The van der Waals surface area contributed by atoms with Crippen LogP contribution in [-0.2, 0) is 4.79 Å². The summed E-state index contributed by atoms with van der Waals surface area (Å²) in [5.41, 5.74) is 1.74. The maximum atomic E-state index is 12.2. The molecule has 8 heteroatoms. The lowest BCUT2D eigenvalue weighted by molar-refractivity contribution is -0.115. The molecule has 0 spiro atoms. The molecule has 0 saturated heterocycles. The molecule has 1 unspecified atom stereocenters. The first-order chi connectivity index (χ1) is 11.5. The molecule has 24 heavy (non-hydrogen) atoms.